The molecule has 1 aliphatic rings. The molecule has 0 spiro atoms. The van der Waals surface area contributed by atoms with Crippen molar-refractivity contribution in [2.45, 2.75) is 25.3 Å². The number of rotatable bonds is 3. The van der Waals surface area contributed by atoms with E-state index in [0.29, 0.717) is 0 Å². The van der Waals surface area contributed by atoms with E-state index in [1.165, 1.54) is 18.2 Å². The number of amides is 1. The van der Waals surface area contributed by atoms with Gasteiger partial charge in [0.15, 0.2) is 0 Å². The molecule has 1 amide bonds. The molecule has 1 aromatic carbocycles. The van der Waals surface area contributed by atoms with Crippen molar-refractivity contribution in [3.05, 3.63) is 62.6 Å². The zero-order valence-electron chi connectivity index (χ0n) is 11.5. The number of carbonyl (C=O) groups excluding carboxylic acids is 1. The van der Waals surface area contributed by atoms with E-state index in [4.69, 9.17) is 16.0 Å². The smallest absolute Gasteiger partial charge is 0.283 e. The van der Waals surface area contributed by atoms with Gasteiger partial charge in [0.05, 0.1) is 22.3 Å². The lowest BCUT2D eigenvalue weighted by atomic mass is 9.93. The van der Waals surface area contributed by atoms with Crippen molar-refractivity contribution in [1.82, 2.24) is 5.32 Å². The quantitative estimate of drug-likeness (QED) is 0.691. The van der Waals surface area contributed by atoms with Crippen LogP contribution in [0, 0.1) is 10.1 Å². The Bertz CT molecular complexity index is 741. The first-order valence-corrected chi connectivity index (χ1v) is 7.25. The summed E-state index contributed by atoms with van der Waals surface area (Å²) in [6, 6.07) is 5.79. The molecule has 0 aliphatic heterocycles. The summed E-state index contributed by atoms with van der Waals surface area (Å²) in [5, 5.41) is 14.0. The fourth-order valence-electron chi connectivity index (χ4n) is 2.76. The van der Waals surface area contributed by atoms with Crippen LogP contribution in [0.4, 0.5) is 5.69 Å². The summed E-state index contributed by atoms with van der Waals surface area (Å²) in [7, 11) is 0. The molecule has 6 nitrogen and oxygen atoms in total. The molecule has 1 atom stereocenters. The molecule has 0 saturated heterocycles. The van der Waals surface area contributed by atoms with Crippen molar-refractivity contribution in [3.8, 4) is 0 Å². The molecule has 1 N–H and O–H groups in total. The first kappa shape index (κ1) is 14.6. The third kappa shape index (κ3) is 2.57. The summed E-state index contributed by atoms with van der Waals surface area (Å²) >= 11 is 5.98. The molecule has 0 bridgehead atoms. The summed E-state index contributed by atoms with van der Waals surface area (Å²) < 4.78 is 5.37. The van der Waals surface area contributed by atoms with Crippen molar-refractivity contribution in [1.29, 1.82) is 0 Å². The van der Waals surface area contributed by atoms with Gasteiger partial charge in [-0.3, -0.25) is 14.9 Å². The van der Waals surface area contributed by atoms with E-state index in [1.54, 1.807) is 6.26 Å². The minimum Gasteiger partial charge on any atom is -0.469 e. The van der Waals surface area contributed by atoms with Gasteiger partial charge in [0.25, 0.3) is 11.6 Å². The van der Waals surface area contributed by atoms with Gasteiger partial charge in [-0.25, -0.2) is 0 Å². The Kier molecular flexibility index (Phi) is 3.85. The zero-order valence-corrected chi connectivity index (χ0v) is 12.3. The molecule has 7 heteroatoms. The predicted molar refractivity (Wildman–Crippen MR) is 80.0 cm³/mol. The van der Waals surface area contributed by atoms with Gasteiger partial charge in [-0.2, -0.15) is 0 Å². The van der Waals surface area contributed by atoms with E-state index in [0.717, 1.165) is 30.6 Å². The average molecular weight is 321 g/mol. The first-order chi connectivity index (χ1) is 10.6. The monoisotopic (exact) mass is 320 g/mol. The van der Waals surface area contributed by atoms with Crippen LogP contribution < -0.4 is 5.32 Å². The number of nitro groups is 1. The maximum atomic E-state index is 12.5. The third-order valence-electron chi connectivity index (χ3n) is 3.77. The van der Waals surface area contributed by atoms with Crippen LogP contribution in [0.15, 0.2) is 34.9 Å². The fraction of sp³-hybridized carbons (Fsp3) is 0.267. The van der Waals surface area contributed by atoms with Crippen molar-refractivity contribution >= 4 is 23.2 Å². The van der Waals surface area contributed by atoms with Gasteiger partial charge in [0.1, 0.15) is 11.3 Å². The highest BCUT2D eigenvalue weighted by Gasteiger charge is 2.28. The minimum absolute atomic E-state index is 0.0647. The van der Waals surface area contributed by atoms with Crippen molar-refractivity contribution in [3.63, 3.8) is 0 Å². The molecule has 114 valence electrons. The minimum atomic E-state index is -0.606. The van der Waals surface area contributed by atoms with E-state index >= 15 is 0 Å². The van der Waals surface area contributed by atoms with Crippen LogP contribution in [0.2, 0.25) is 5.02 Å². The molecule has 0 fully saturated rings. The summed E-state index contributed by atoms with van der Waals surface area (Å²) in [6.45, 7) is 0. The number of hydrogen-bond acceptors (Lipinski definition) is 4. The fourth-order valence-corrected chi connectivity index (χ4v) is 3.01. The van der Waals surface area contributed by atoms with Crippen molar-refractivity contribution in [2.24, 2.45) is 0 Å². The van der Waals surface area contributed by atoms with Gasteiger partial charge in [0.2, 0.25) is 0 Å². The maximum absolute atomic E-state index is 12.5. The molecule has 1 heterocycles. The van der Waals surface area contributed by atoms with E-state index in [-0.39, 0.29) is 22.3 Å². The highest BCUT2D eigenvalue weighted by Crippen LogP contribution is 2.32. The Morgan fingerprint density at radius 2 is 2.23 bits per heavy atom. The van der Waals surface area contributed by atoms with Crippen LogP contribution in [0.5, 0.6) is 0 Å². The van der Waals surface area contributed by atoms with Crippen LogP contribution in [0.3, 0.4) is 0 Å². The average Bonchev–Trinajstić information content (AvgIpc) is 2.96. The van der Waals surface area contributed by atoms with E-state index in [2.05, 4.69) is 5.32 Å². The number of aryl methyl sites for hydroxylation is 1. The second kappa shape index (κ2) is 5.81. The lowest BCUT2D eigenvalue weighted by Gasteiger charge is -2.22. The number of furan rings is 1. The standard InChI is InChI=1S/C15H13ClN2O4/c16-10-3-1-5-12(18(20)21)14(10)15(19)17-11-4-2-6-13-9(11)7-8-22-13/h1,3,5,7-8,11H,2,4,6H2,(H,17,19)/t11-/m0/s1. The lowest BCUT2D eigenvalue weighted by molar-refractivity contribution is -0.385. The van der Waals surface area contributed by atoms with Gasteiger partial charge < -0.3 is 9.73 Å². The topological polar surface area (TPSA) is 85.4 Å². The second-order valence-corrected chi connectivity index (χ2v) is 5.52. The van der Waals surface area contributed by atoms with E-state index in [1.807, 2.05) is 6.07 Å². The molecule has 1 aromatic heterocycles. The van der Waals surface area contributed by atoms with Crippen LogP contribution in [0.1, 0.15) is 40.6 Å². The van der Waals surface area contributed by atoms with Crippen LogP contribution in [-0.4, -0.2) is 10.8 Å². The molecule has 0 saturated carbocycles. The molecule has 0 radical (unpaired) electrons. The molecule has 2 aromatic rings. The number of benzene rings is 1. The molecular formula is C15H13ClN2O4. The second-order valence-electron chi connectivity index (χ2n) is 5.11. The molecule has 3 rings (SSSR count). The van der Waals surface area contributed by atoms with Gasteiger partial charge in [0, 0.05) is 18.1 Å². The maximum Gasteiger partial charge on any atom is 0.283 e. The Hall–Kier alpha value is -2.34. The summed E-state index contributed by atoms with van der Waals surface area (Å²) in [4.78, 5) is 22.9. The number of nitrogens with one attached hydrogen (secondary N) is 1. The number of carbonyl (C=O) groups is 1. The molecule has 1 aliphatic carbocycles. The molecule has 22 heavy (non-hydrogen) atoms. The normalized spacial score (nSPS) is 16.9. The SMILES string of the molecule is O=C(N[C@H]1CCCc2occc21)c1c(Cl)cccc1[N+](=O)[O-]. The van der Waals surface area contributed by atoms with Crippen LogP contribution in [-0.2, 0) is 6.42 Å². The summed E-state index contributed by atoms with van der Waals surface area (Å²) in [5.74, 6) is 0.307. The van der Waals surface area contributed by atoms with Gasteiger partial charge in [-0.1, -0.05) is 17.7 Å². The number of nitrogens with zero attached hydrogens (tertiary/aromatic N) is 1. The van der Waals surface area contributed by atoms with Gasteiger partial charge >= 0.3 is 0 Å². The van der Waals surface area contributed by atoms with Crippen molar-refractivity contribution in [2.75, 3.05) is 0 Å². The summed E-state index contributed by atoms with van der Waals surface area (Å²) in [5.41, 5.74) is 0.521. The Labute approximate surface area is 131 Å². The van der Waals surface area contributed by atoms with E-state index < -0.39 is 10.8 Å². The Balaban J connectivity index is 1.90. The Morgan fingerprint density at radius 3 is 3.00 bits per heavy atom. The van der Waals surface area contributed by atoms with Crippen LogP contribution >= 0.6 is 11.6 Å². The number of nitro benzene ring substituents is 1. The van der Waals surface area contributed by atoms with Gasteiger partial charge in [-0.05, 0) is 25.0 Å². The molecular weight excluding hydrogens is 308 g/mol. The van der Waals surface area contributed by atoms with Gasteiger partial charge in [-0.15, -0.1) is 0 Å². The zero-order chi connectivity index (χ0) is 15.7. The largest absolute Gasteiger partial charge is 0.469 e. The first-order valence-electron chi connectivity index (χ1n) is 6.88. The van der Waals surface area contributed by atoms with E-state index in [9.17, 15) is 14.9 Å². The molecule has 0 unspecified atom stereocenters. The summed E-state index contributed by atoms with van der Waals surface area (Å²) in [6.07, 6.45) is 4.07. The predicted octanol–water partition coefficient (Wildman–Crippen LogP) is 3.65. The number of hydrogen-bond donors (Lipinski definition) is 1. The number of fused-ring (bicyclic) bond motifs is 1. The highest BCUT2D eigenvalue weighted by atomic mass is 35.5. The third-order valence-corrected chi connectivity index (χ3v) is 4.09. The van der Waals surface area contributed by atoms with Crippen LogP contribution in [0.25, 0.3) is 0 Å². The number of halogens is 1. The highest BCUT2D eigenvalue weighted by molar-refractivity contribution is 6.34. The van der Waals surface area contributed by atoms with Crippen molar-refractivity contribution < 1.29 is 14.1 Å². The Morgan fingerprint density at radius 1 is 1.41 bits per heavy atom. The lowest BCUT2D eigenvalue weighted by Crippen LogP contribution is -2.31.